The highest BCUT2D eigenvalue weighted by Crippen LogP contribution is 2.20. The Labute approximate surface area is 166 Å². The highest BCUT2D eigenvalue weighted by molar-refractivity contribution is 7.99. The van der Waals surface area contributed by atoms with Crippen LogP contribution in [0.2, 0.25) is 0 Å². The van der Waals surface area contributed by atoms with E-state index in [1.54, 1.807) is 12.1 Å². The Bertz CT molecular complexity index is 966. The van der Waals surface area contributed by atoms with E-state index >= 15 is 0 Å². The van der Waals surface area contributed by atoms with E-state index in [2.05, 4.69) is 41.5 Å². The third-order valence-electron chi connectivity index (χ3n) is 4.21. The average molecular weight is 396 g/mol. The second kappa shape index (κ2) is 8.79. The number of ketones is 1. The number of aromatic nitrogens is 4. The number of aromatic carboxylic acids is 1. The molecule has 3 aromatic rings. The normalized spacial score (nSPS) is 11.0. The van der Waals surface area contributed by atoms with Crippen LogP contribution in [-0.4, -0.2) is 42.8 Å². The largest absolute Gasteiger partial charge is 0.478 e. The summed E-state index contributed by atoms with van der Waals surface area (Å²) in [5.74, 6) is -0.203. The van der Waals surface area contributed by atoms with Crippen molar-refractivity contribution in [2.75, 3.05) is 5.75 Å². The highest BCUT2D eigenvalue weighted by Gasteiger charge is 2.13. The van der Waals surface area contributed by atoms with Crippen LogP contribution >= 0.6 is 11.8 Å². The molecule has 0 aliphatic carbocycles. The quantitative estimate of drug-likeness (QED) is 0.583. The summed E-state index contributed by atoms with van der Waals surface area (Å²) in [6.45, 7) is 4.27. The molecule has 0 atom stereocenters. The molecular formula is C20H20N4O3S. The van der Waals surface area contributed by atoms with Crippen molar-refractivity contribution in [2.24, 2.45) is 0 Å². The van der Waals surface area contributed by atoms with Crippen molar-refractivity contribution in [3.63, 3.8) is 0 Å². The van der Waals surface area contributed by atoms with Crippen LogP contribution in [0.25, 0.3) is 5.69 Å². The number of nitrogens with zero attached hydrogens (tertiary/aromatic N) is 4. The van der Waals surface area contributed by atoms with Gasteiger partial charge in [-0.15, -0.1) is 5.10 Å². The van der Waals surface area contributed by atoms with Gasteiger partial charge in [-0.05, 0) is 51.7 Å². The van der Waals surface area contributed by atoms with Crippen LogP contribution in [0.1, 0.15) is 41.3 Å². The van der Waals surface area contributed by atoms with E-state index in [1.165, 1.54) is 34.1 Å². The van der Waals surface area contributed by atoms with Crippen LogP contribution in [0.4, 0.5) is 0 Å². The minimum atomic E-state index is -0.995. The molecule has 3 rings (SSSR count). The molecule has 1 N–H and O–H groups in total. The van der Waals surface area contributed by atoms with Gasteiger partial charge in [0.25, 0.3) is 0 Å². The van der Waals surface area contributed by atoms with Crippen LogP contribution in [0.3, 0.4) is 0 Å². The van der Waals surface area contributed by atoms with Crippen LogP contribution < -0.4 is 0 Å². The first-order chi connectivity index (χ1) is 13.4. The van der Waals surface area contributed by atoms with Crippen molar-refractivity contribution in [1.29, 1.82) is 0 Å². The monoisotopic (exact) mass is 396 g/mol. The molecule has 0 saturated heterocycles. The summed E-state index contributed by atoms with van der Waals surface area (Å²) in [7, 11) is 0. The van der Waals surface area contributed by atoms with Gasteiger partial charge in [-0.2, -0.15) is 4.68 Å². The molecule has 0 aliphatic heterocycles. The SMILES string of the molecule is CC(C)c1ccc(CC(=O)CSc2nnnn2-c2ccc(C(=O)O)cc2)cc1. The number of hydrogen-bond donors (Lipinski definition) is 1. The smallest absolute Gasteiger partial charge is 0.335 e. The van der Waals surface area contributed by atoms with Gasteiger partial charge in [0.1, 0.15) is 5.78 Å². The summed E-state index contributed by atoms with van der Waals surface area (Å²) >= 11 is 1.26. The lowest BCUT2D eigenvalue weighted by Gasteiger charge is -2.07. The number of carboxylic acids is 1. The van der Waals surface area contributed by atoms with E-state index in [9.17, 15) is 9.59 Å². The Morgan fingerprint density at radius 2 is 1.75 bits per heavy atom. The number of benzene rings is 2. The molecule has 0 amide bonds. The van der Waals surface area contributed by atoms with Gasteiger partial charge in [0.2, 0.25) is 5.16 Å². The first kappa shape index (κ1) is 19.8. The van der Waals surface area contributed by atoms with Crippen LogP contribution in [0.5, 0.6) is 0 Å². The molecule has 0 fully saturated rings. The molecule has 28 heavy (non-hydrogen) atoms. The van der Waals surface area contributed by atoms with E-state index < -0.39 is 5.97 Å². The second-order valence-electron chi connectivity index (χ2n) is 6.63. The number of carbonyl (C=O) groups excluding carboxylic acids is 1. The number of carbonyl (C=O) groups is 2. The summed E-state index contributed by atoms with van der Waals surface area (Å²) < 4.78 is 1.49. The van der Waals surface area contributed by atoms with E-state index in [4.69, 9.17) is 5.11 Å². The van der Waals surface area contributed by atoms with Gasteiger partial charge in [-0.3, -0.25) is 4.79 Å². The minimum absolute atomic E-state index is 0.0815. The van der Waals surface area contributed by atoms with Gasteiger partial charge < -0.3 is 5.11 Å². The maximum atomic E-state index is 12.3. The van der Waals surface area contributed by atoms with Crippen molar-refractivity contribution < 1.29 is 14.7 Å². The van der Waals surface area contributed by atoms with Crippen LogP contribution in [0, 0.1) is 0 Å². The standard InChI is InChI=1S/C20H20N4O3S/c1-13(2)15-5-3-14(4-6-15)11-18(25)12-28-20-21-22-23-24(20)17-9-7-16(8-10-17)19(26)27/h3-10,13H,11-12H2,1-2H3,(H,26,27). The fraction of sp³-hybridized carbons (Fsp3) is 0.250. The molecule has 0 aliphatic rings. The maximum absolute atomic E-state index is 12.3. The molecule has 1 aromatic heterocycles. The fourth-order valence-corrected chi connectivity index (χ4v) is 3.37. The minimum Gasteiger partial charge on any atom is -0.478 e. The molecular weight excluding hydrogens is 376 g/mol. The van der Waals surface area contributed by atoms with Crippen molar-refractivity contribution in [3.05, 3.63) is 65.2 Å². The highest BCUT2D eigenvalue weighted by atomic mass is 32.2. The zero-order valence-electron chi connectivity index (χ0n) is 15.6. The van der Waals surface area contributed by atoms with Gasteiger partial charge in [-0.1, -0.05) is 49.9 Å². The molecule has 8 heteroatoms. The molecule has 7 nitrogen and oxygen atoms in total. The summed E-state index contributed by atoms with van der Waals surface area (Å²) in [4.78, 5) is 23.3. The van der Waals surface area contributed by atoms with Gasteiger partial charge in [-0.25, -0.2) is 4.79 Å². The predicted molar refractivity (Wildman–Crippen MR) is 106 cm³/mol. The van der Waals surface area contributed by atoms with Crippen molar-refractivity contribution >= 4 is 23.5 Å². The van der Waals surface area contributed by atoms with Crippen molar-refractivity contribution in [1.82, 2.24) is 20.2 Å². The van der Waals surface area contributed by atoms with E-state index in [-0.39, 0.29) is 17.1 Å². The number of thioether (sulfide) groups is 1. The Morgan fingerprint density at radius 1 is 1.07 bits per heavy atom. The molecule has 0 spiro atoms. The van der Waals surface area contributed by atoms with Gasteiger partial charge in [0.05, 0.1) is 17.0 Å². The van der Waals surface area contributed by atoms with E-state index in [0.717, 1.165) is 5.56 Å². The fourth-order valence-electron chi connectivity index (χ4n) is 2.62. The summed E-state index contributed by atoms with van der Waals surface area (Å²) in [6.07, 6.45) is 0.361. The lowest BCUT2D eigenvalue weighted by Crippen LogP contribution is -2.07. The number of Topliss-reactive ketones (excluding diaryl/α,β-unsaturated/α-hetero) is 1. The lowest BCUT2D eigenvalue weighted by molar-refractivity contribution is -0.116. The Balaban J connectivity index is 1.61. The van der Waals surface area contributed by atoms with Crippen LogP contribution in [0.15, 0.2) is 53.7 Å². The number of carboxylic acid groups (broad SMARTS) is 1. The van der Waals surface area contributed by atoms with E-state index in [0.29, 0.717) is 23.2 Å². The third kappa shape index (κ3) is 4.83. The number of tetrazole rings is 1. The first-order valence-electron chi connectivity index (χ1n) is 8.79. The van der Waals surface area contributed by atoms with Crippen LogP contribution in [-0.2, 0) is 11.2 Å². The van der Waals surface area contributed by atoms with E-state index in [1.807, 2.05) is 12.1 Å². The summed E-state index contributed by atoms with van der Waals surface area (Å²) in [5, 5.41) is 21.0. The Hall–Kier alpha value is -3.00. The average Bonchev–Trinajstić information content (AvgIpc) is 3.15. The number of rotatable bonds is 8. The Morgan fingerprint density at radius 3 is 2.36 bits per heavy atom. The molecule has 0 saturated carbocycles. The molecule has 144 valence electrons. The zero-order chi connectivity index (χ0) is 20.1. The molecule has 0 bridgehead atoms. The van der Waals surface area contributed by atoms with Gasteiger partial charge in [0.15, 0.2) is 0 Å². The third-order valence-corrected chi connectivity index (χ3v) is 5.19. The second-order valence-corrected chi connectivity index (χ2v) is 7.57. The van der Waals surface area contributed by atoms with Crippen molar-refractivity contribution in [2.45, 2.75) is 31.3 Å². The number of hydrogen-bond acceptors (Lipinski definition) is 6. The molecule has 0 radical (unpaired) electrons. The maximum Gasteiger partial charge on any atom is 0.335 e. The predicted octanol–water partition coefficient (Wildman–Crippen LogP) is 3.39. The zero-order valence-corrected chi connectivity index (χ0v) is 16.4. The van der Waals surface area contributed by atoms with Gasteiger partial charge in [0, 0.05) is 6.42 Å². The first-order valence-corrected chi connectivity index (χ1v) is 9.78. The Kier molecular flexibility index (Phi) is 6.20. The molecule has 0 unspecified atom stereocenters. The lowest BCUT2D eigenvalue weighted by atomic mass is 10.0. The molecule has 2 aromatic carbocycles. The topological polar surface area (TPSA) is 98.0 Å². The van der Waals surface area contributed by atoms with Gasteiger partial charge >= 0.3 is 5.97 Å². The van der Waals surface area contributed by atoms with Crippen molar-refractivity contribution in [3.8, 4) is 5.69 Å². The molecule has 1 heterocycles. The summed E-state index contributed by atoms with van der Waals surface area (Å²) in [5.41, 5.74) is 3.05. The summed E-state index contributed by atoms with van der Waals surface area (Å²) in [6, 6.07) is 14.3.